The van der Waals surface area contributed by atoms with Crippen molar-refractivity contribution < 1.29 is 9.18 Å². The van der Waals surface area contributed by atoms with Gasteiger partial charge >= 0.3 is 0 Å². The summed E-state index contributed by atoms with van der Waals surface area (Å²) < 4.78 is 15.0. The molecule has 1 fully saturated rings. The molecule has 2 heterocycles. The van der Waals surface area contributed by atoms with Crippen LogP contribution < -0.4 is 5.32 Å². The van der Waals surface area contributed by atoms with Gasteiger partial charge in [-0.05, 0) is 20.9 Å². The van der Waals surface area contributed by atoms with Crippen LogP contribution in [-0.4, -0.2) is 46.4 Å². The van der Waals surface area contributed by atoms with Crippen molar-refractivity contribution in [3.05, 3.63) is 12.4 Å². The molecule has 2 rings (SSSR count). The summed E-state index contributed by atoms with van der Waals surface area (Å²) in [7, 11) is 1.77. The number of likely N-dealkylation sites (N-methyl/N-ethyl adjacent to an activating group) is 1. The van der Waals surface area contributed by atoms with Gasteiger partial charge in [0.2, 0.25) is 5.91 Å². The van der Waals surface area contributed by atoms with E-state index < -0.39 is 6.17 Å². The Labute approximate surface area is 106 Å². The minimum absolute atomic E-state index is 0.166. The third-order valence-electron chi connectivity index (χ3n) is 3.20. The van der Waals surface area contributed by atoms with Crippen LogP contribution >= 0.6 is 0 Å². The number of amides is 1. The number of anilines is 1. The molecule has 2 atom stereocenters. The van der Waals surface area contributed by atoms with Crippen molar-refractivity contribution in [2.75, 3.05) is 18.9 Å². The molecule has 0 aliphatic carbocycles. The van der Waals surface area contributed by atoms with Crippen LogP contribution in [0.3, 0.4) is 0 Å². The maximum atomic E-state index is 13.2. The Balaban J connectivity index is 1.98. The van der Waals surface area contributed by atoms with Gasteiger partial charge in [-0.1, -0.05) is 0 Å². The van der Waals surface area contributed by atoms with Crippen LogP contribution in [0.4, 0.5) is 10.1 Å². The highest BCUT2D eigenvalue weighted by Gasteiger charge is 2.34. The van der Waals surface area contributed by atoms with E-state index in [1.807, 2.05) is 13.8 Å². The number of carbonyl (C=O) groups is 1. The lowest BCUT2D eigenvalue weighted by Crippen LogP contribution is -2.36. The van der Waals surface area contributed by atoms with E-state index in [-0.39, 0.29) is 24.4 Å². The average Bonchev–Trinajstić information content (AvgIpc) is 2.85. The first-order valence-electron chi connectivity index (χ1n) is 6.16. The lowest BCUT2D eigenvalue weighted by atomic mass is 10.2. The van der Waals surface area contributed by atoms with Crippen LogP contribution in [0.15, 0.2) is 12.4 Å². The van der Waals surface area contributed by atoms with Crippen LogP contribution in [0, 0.1) is 0 Å². The molecule has 1 aromatic rings. The van der Waals surface area contributed by atoms with Gasteiger partial charge in [0, 0.05) is 25.2 Å². The lowest BCUT2D eigenvalue weighted by Gasteiger charge is -2.17. The van der Waals surface area contributed by atoms with Gasteiger partial charge in [-0.2, -0.15) is 5.10 Å². The normalized spacial score (nSPS) is 24.7. The summed E-state index contributed by atoms with van der Waals surface area (Å²) in [5.41, 5.74) is 0.657. The zero-order chi connectivity index (χ0) is 13.3. The van der Waals surface area contributed by atoms with E-state index in [4.69, 9.17) is 0 Å². The molecular weight excluding hydrogens is 235 g/mol. The number of hydrogen-bond donors (Lipinski definition) is 1. The van der Waals surface area contributed by atoms with Gasteiger partial charge in [0.1, 0.15) is 6.17 Å². The molecule has 0 aromatic carbocycles. The van der Waals surface area contributed by atoms with Crippen molar-refractivity contribution >= 4 is 11.6 Å². The Kier molecular flexibility index (Phi) is 3.65. The maximum Gasteiger partial charge on any atom is 0.241 e. The summed E-state index contributed by atoms with van der Waals surface area (Å²) in [6.45, 7) is 4.34. The van der Waals surface area contributed by atoms with Gasteiger partial charge < -0.3 is 5.32 Å². The second-order valence-electron chi connectivity index (χ2n) is 5.08. The first-order chi connectivity index (χ1) is 8.47. The number of hydrogen-bond acceptors (Lipinski definition) is 3. The highest BCUT2D eigenvalue weighted by Crippen LogP contribution is 2.20. The Morgan fingerprint density at radius 1 is 1.61 bits per heavy atom. The van der Waals surface area contributed by atoms with E-state index in [0.717, 1.165) is 0 Å². The fourth-order valence-corrected chi connectivity index (χ4v) is 2.15. The van der Waals surface area contributed by atoms with Crippen LogP contribution in [0.5, 0.6) is 0 Å². The van der Waals surface area contributed by atoms with E-state index in [9.17, 15) is 9.18 Å². The highest BCUT2D eigenvalue weighted by atomic mass is 19.1. The molecule has 0 radical (unpaired) electrons. The third kappa shape index (κ3) is 2.69. The van der Waals surface area contributed by atoms with Gasteiger partial charge in [-0.25, -0.2) is 4.39 Å². The van der Waals surface area contributed by atoms with Crippen molar-refractivity contribution in [2.24, 2.45) is 0 Å². The van der Waals surface area contributed by atoms with Gasteiger partial charge in [-0.15, -0.1) is 0 Å². The quantitative estimate of drug-likeness (QED) is 0.888. The van der Waals surface area contributed by atoms with E-state index in [2.05, 4.69) is 10.4 Å². The standard InChI is InChI=1S/C12H19FN4O/c1-8(2)17-7-10(5-14-17)15-12(18)11-4-9(13)6-16(11)3/h5,7-9,11H,4,6H2,1-3H3,(H,15,18)/t9-,11+/m1/s1. The Morgan fingerprint density at radius 3 is 2.83 bits per heavy atom. The van der Waals surface area contributed by atoms with E-state index in [0.29, 0.717) is 12.2 Å². The molecular formula is C12H19FN4O. The monoisotopic (exact) mass is 254 g/mol. The number of nitrogens with zero attached hydrogens (tertiary/aromatic N) is 3. The van der Waals surface area contributed by atoms with Crippen molar-refractivity contribution in [1.82, 2.24) is 14.7 Å². The van der Waals surface area contributed by atoms with E-state index in [1.165, 1.54) is 0 Å². The molecule has 0 unspecified atom stereocenters. The summed E-state index contributed by atoms with van der Waals surface area (Å²) >= 11 is 0. The molecule has 1 amide bonds. The van der Waals surface area contributed by atoms with Crippen LogP contribution in [0.1, 0.15) is 26.3 Å². The predicted octanol–water partition coefficient (Wildman–Crippen LogP) is 1.44. The number of aromatic nitrogens is 2. The van der Waals surface area contributed by atoms with Gasteiger partial charge in [0.05, 0.1) is 17.9 Å². The molecule has 0 spiro atoms. The van der Waals surface area contributed by atoms with Gasteiger partial charge in [0.25, 0.3) is 0 Å². The molecule has 1 aromatic heterocycles. The van der Waals surface area contributed by atoms with E-state index in [1.54, 1.807) is 29.0 Å². The van der Waals surface area contributed by atoms with Crippen LogP contribution in [0.25, 0.3) is 0 Å². The lowest BCUT2D eigenvalue weighted by molar-refractivity contribution is -0.120. The molecule has 6 heteroatoms. The average molecular weight is 254 g/mol. The zero-order valence-corrected chi connectivity index (χ0v) is 10.9. The summed E-state index contributed by atoms with van der Waals surface area (Å²) in [4.78, 5) is 13.7. The van der Waals surface area contributed by atoms with E-state index >= 15 is 0 Å². The summed E-state index contributed by atoms with van der Waals surface area (Å²) in [5.74, 6) is -0.166. The second-order valence-corrected chi connectivity index (χ2v) is 5.08. The minimum atomic E-state index is -0.913. The maximum absolute atomic E-state index is 13.2. The minimum Gasteiger partial charge on any atom is -0.322 e. The first kappa shape index (κ1) is 13.0. The van der Waals surface area contributed by atoms with Crippen molar-refractivity contribution in [3.8, 4) is 0 Å². The smallest absolute Gasteiger partial charge is 0.241 e. The van der Waals surface area contributed by atoms with Crippen molar-refractivity contribution in [3.63, 3.8) is 0 Å². The van der Waals surface area contributed by atoms with Crippen LogP contribution in [-0.2, 0) is 4.79 Å². The summed E-state index contributed by atoms with van der Waals surface area (Å²) in [5, 5.41) is 6.92. The number of alkyl halides is 1. The topological polar surface area (TPSA) is 50.2 Å². The number of halogens is 1. The van der Waals surface area contributed by atoms with Gasteiger partial charge in [-0.3, -0.25) is 14.4 Å². The number of carbonyl (C=O) groups excluding carboxylic acids is 1. The molecule has 18 heavy (non-hydrogen) atoms. The highest BCUT2D eigenvalue weighted by molar-refractivity contribution is 5.94. The fraction of sp³-hybridized carbons (Fsp3) is 0.667. The molecule has 5 nitrogen and oxygen atoms in total. The largest absolute Gasteiger partial charge is 0.322 e. The SMILES string of the molecule is CC(C)n1cc(NC(=O)[C@@H]2C[C@@H](F)CN2C)cn1. The Morgan fingerprint density at radius 2 is 2.33 bits per heavy atom. The Hall–Kier alpha value is -1.43. The fourth-order valence-electron chi connectivity index (χ4n) is 2.15. The second kappa shape index (κ2) is 5.06. The molecule has 0 bridgehead atoms. The number of rotatable bonds is 3. The summed E-state index contributed by atoms with van der Waals surface area (Å²) in [6, 6.07) is -0.137. The van der Waals surface area contributed by atoms with Gasteiger partial charge in [0.15, 0.2) is 0 Å². The number of nitrogens with one attached hydrogen (secondary N) is 1. The molecule has 1 aliphatic heterocycles. The molecule has 1 N–H and O–H groups in total. The first-order valence-corrected chi connectivity index (χ1v) is 6.16. The third-order valence-corrected chi connectivity index (χ3v) is 3.20. The molecule has 0 saturated carbocycles. The van der Waals surface area contributed by atoms with Crippen molar-refractivity contribution in [1.29, 1.82) is 0 Å². The number of likely N-dealkylation sites (tertiary alicyclic amines) is 1. The zero-order valence-electron chi connectivity index (χ0n) is 10.9. The summed E-state index contributed by atoms with van der Waals surface area (Å²) in [6.07, 6.45) is 2.74. The predicted molar refractivity (Wildman–Crippen MR) is 67.2 cm³/mol. The Bertz CT molecular complexity index is 431. The molecule has 1 aliphatic rings. The molecule has 100 valence electrons. The van der Waals surface area contributed by atoms with Crippen molar-refractivity contribution in [2.45, 2.75) is 38.5 Å². The van der Waals surface area contributed by atoms with Crippen LogP contribution in [0.2, 0.25) is 0 Å². The molecule has 1 saturated heterocycles.